The summed E-state index contributed by atoms with van der Waals surface area (Å²) in [4.78, 5) is 14.5. The molecule has 3 rings (SSSR count). The molecule has 2 heterocycles. The molecule has 0 unspecified atom stereocenters. The molecular weight excluding hydrogens is 381 g/mol. The molecule has 0 spiro atoms. The predicted molar refractivity (Wildman–Crippen MR) is 102 cm³/mol. The van der Waals surface area contributed by atoms with Gasteiger partial charge in [0.05, 0.1) is 23.2 Å². The number of benzene rings is 1. The molecular formula is C21H23F3N4O. The maximum atomic E-state index is 13.1. The summed E-state index contributed by atoms with van der Waals surface area (Å²) in [5.41, 5.74) is 1.83. The average molecular weight is 404 g/mol. The van der Waals surface area contributed by atoms with Gasteiger partial charge in [-0.25, -0.2) is 0 Å². The van der Waals surface area contributed by atoms with Crippen LogP contribution in [0.2, 0.25) is 0 Å². The summed E-state index contributed by atoms with van der Waals surface area (Å²) in [5.74, 6) is -1.30. The fourth-order valence-electron chi connectivity index (χ4n) is 3.57. The van der Waals surface area contributed by atoms with Gasteiger partial charge < -0.3 is 4.90 Å². The van der Waals surface area contributed by atoms with E-state index in [1.807, 2.05) is 6.20 Å². The third kappa shape index (κ3) is 4.78. The minimum atomic E-state index is -4.22. The maximum absolute atomic E-state index is 13.1. The van der Waals surface area contributed by atoms with Crippen LogP contribution in [0, 0.1) is 23.2 Å². The van der Waals surface area contributed by atoms with Crippen molar-refractivity contribution in [1.82, 2.24) is 14.7 Å². The van der Waals surface area contributed by atoms with E-state index in [9.17, 15) is 23.2 Å². The number of nitriles is 1. The molecule has 0 N–H and O–H groups in total. The lowest BCUT2D eigenvalue weighted by atomic mass is 9.94. The second kappa shape index (κ2) is 8.27. The Morgan fingerprint density at radius 2 is 1.97 bits per heavy atom. The second-order valence-electron chi connectivity index (χ2n) is 7.80. The molecule has 1 saturated heterocycles. The number of amides is 1. The molecule has 29 heavy (non-hydrogen) atoms. The molecule has 0 aliphatic carbocycles. The Bertz CT molecular complexity index is 919. The standard InChI is InChI=1S/C21H23F3N4O/c1-14(2)13-28-10-7-19(26-28)18-11-15(12-25)3-4-17(18)20(29)27-8-5-16(6-9-27)21(22,23)24/h3-4,7,10-11,14,16H,5-6,8-9,13H2,1-2H3. The summed E-state index contributed by atoms with van der Waals surface area (Å²) in [6.45, 7) is 4.97. The summed E-state index contributed by atoms with van der Waals surface area (Å²) in [7, 11) is 0. The van der Waals surface area contributed by atoms with Gasteiger partial charge in [0.2, 0.25) is 0 Å². The van der Waals surface area contributed by atoms with Crippen LogP contribution in [0.25, 0.3) is 11.3 Å². The molecule has 0 bridgehead atoms. The number of carbonyl (C=O) groups is 1. The third-order valence-electron chi connectivity index (χ3n) is 5.09. The van der Waals surface area contributed by atoms with Crippen LogP contribution < -0.4 is 0 Å². The normalized spacial score (nSPS) is 15.6. The number of likely N-dealkylation sites (tertiary alicyclic amines) is 1. The molecule has 5 nitrogen and oxygen atoms in total. The first-order valence-corrected chi connectivity index (χ1v) is 9.63. The van der Waals surface area contributed by atoms with Crippen LogP contribution in [0.5, 0.6) is 0 Å². The lowest BCUT2D eigenvalue weighted by molar-refractivity contribution is -0.183. The lowest BCUT2D eigenvalue weighted by Gasteiger charge is -2.33. The van der Waals surface area contributed by atoms with Crippen LogP contribution in [-0.2, 0) is 6.54 Å². The van der Waals surface area contributed by atoms with E-state index in [1.165, 1.54) is 4.90 Å². The Morgan fingerprint density at radius 3 is 2.55 bits per heavy atom. The second-order valence-corrected chi connectivity index (χ2v) is 7.80. The summed E-state index contributed by atoms with van der Waals surface area (Å²) in [6.07, 6.45) is -2.59. The maximum Gasteiger partial charge on any atom is 0.391 e. The molecule has 1 amide bonds. The molecule has 1 aromatic carbocycles. The van der Waals surface area contributed by atoms with Gasteiger partial charge in [-0.05, 0) is 43.0 Å². The van der Waals surface area contributed by atoms with E-state index in [1.54, 1.807) is 28.9 Å². The highest BCUT2D eigenvalue weighted by Crippen LogP contribution is 2.35. The fraction of sp³-hybridized carbons (Fsp3) is 0.476. The first kappa shape index (κ1) is 20.9. The van der Waals surface area contributed by atoms with Crippen molar-refractivity contribution < 1.29 is 18.0 Å². The summed E-state index contributed by atoms with van der Waals surface area (Å²) < 4.78 is 40.5. The third-order valence-corrected chi connectivity index (χ3v) is 5.09. The first-order chi connectivity index (χ1) is 13.7. The van der Waals surface area contributed by atoms with Crippen LogP contribution in [0.1, 0.15) is 42.6 Å². The number of piperidine rings is 1. The lowest BCUT2D eigenvalue weighted by Crippen LogP contribution is -2.42. The zero-order valence-corrected chi connectivity index (χ0v) is 16.4. The van der Waals surface area contributed by atoms with Gasteiger partial charge in [-0.3, -0.25) is 9.48 Å². The predicted octanol–water partition coefficient (Wildman–Crippen LogP) is 4.49. The Hall–Kier alpha value is -2.82. The van der Waals surface area contributed by atoms with Crippen molar-refractivity contribution in [1.29, 1.82) is 5.26 Å². The molecule has 2 aromatic rings. The Morgan fingerprint density at radius 1 is 1.28 bits per heavy atom. The average Bonchev–Trinajstić information content (AvgIpc) is 3.14. The van der Waals surface area contributed by atoms with E-state index in [4.69, 9.17) is 0 Å². The van der Waals surface area contributed by atoms with Crippen molar-refractivity contribution in [2.45, 2.75) is 39.4 Å². The van der Waals surface area contributed by atoms with Gasteiger partial charge >= 0.3 is 6.18 Å². The van der Waals surface area contributed by atoms with Crippen molar-refractivity contribution in [3.05, 3.63) is 41.6 Å². The summed E-state index contributed by atoms with van der Waals surface area (Å²) in [6, 6.07) is 8.56. The number of hydrogen-bond acceptors (Lipinski definition) is 3. The van der Waals surface area contributed by atoms with E-state index >= 15 is 0 Å². The van der Waals surface area contributed by atoms with Crippen LogP contribution in [0.4, 0.5) is 13.2 Å². The van der Waals surface area contributed by atoms with E-state index < -0.39 is 12.1 Å². The van der Waals surface area contributed by atoms with E-state index in [0.29, 0.717) is 34.8 Å². The van der Waals surface area contributed by atoms with Gasteiger partial charge in [0, 0.05) is 37.0 Å². The van der Waals surface area contributed by atoms with Crippen LogP contribution >= 0.6 is 0 Å². The van der Waals surface area contributed by atoms with Crippen LogP contribution in [0.15, 0.2) is 30.5 Å². The van der Waals surface area contributed by atoms with Crippen molar-refractivity contribution in [3.63, 3.8) is 0 Å². The minimum Gasteiger partial charge on any atom is -0.339 e. The van der Waals surface area contributed by atoms with E-state index in [0.717, 1.165) is 0 Å². The van der Waals surface area contributed by atoms with Gasteiger partial charge in [0.1, 0.15) is 0 Å². The monoisotopic (exact) mass is 404 g/mol. The minimum absolute atomic E-state index is 0.0598. The summed E-state index contributed by atoms with van der Waals surface area (Å²) >= 11 is 0. The van der Waals surface area contributed by atoms with Crippen molar-refractivity contribution in [2.75, 3.05) is 13.1 Å². The van der Waals surface area contributed by atoms with E-state index in [-0.39, 0.29) is 31.8 Å². The molecule has 0 radical (unpaired) electrons. The first-order valence-electron chi connectivity index (χ1n) is 9.63. The molecule has 0 saturated carbocycles. The largest absolute Gasteiger partial charge is 0.391 e. The van der Waals surface area contributed by atoms with Crippen molar-refractivity contribution >= 4 is 5.91 Å². The van der Waals surface area contributed by atoms with Crippen molar-refractivity contribution in [2.24, 2.45) is 11.8 Å². The molecule has 1 aliphatic rings. The van der Waals surface area contributed by atoms with E-state index in [2.05, 4.69) is 25.0 Å². The molecule has 1 aromatic heterocycles. The summed E-state index contributed by atoms with van der Waals surface area (Å²) in [5, 5.41) is 13.8. The molecule has 1 aliphatic heterocycles. The smallest absolute Gasteiger partial charge is 0.339 e. The number of carbonyl (C=O) groups excluding carboxylic acids is 1. The molecule has 154 valence electrons. The van der Waals surface area contributed by atoms with Crippen LogP contribution in [-0.4, -0.2) is 39.9 Å². The molecule has 0 atom stereocenters. The van der Waals surface area contributed by atoms with Crippen molar-refractivity contribution in [3.8, 4) is 17.3 Å². The highest BCUT2D eigenvalue weighted by Gasteiger charge is 2.42. The van der Waals surface area contributed by atoms with Crippen LogP contribution in [0.3, 0.4) is 0 Å². The highest BCUT2D eigenvalue weighted by molar-refractivity contribution is 6.00. The number of alkyl halides is 3. The van der Waals surface area contributed by atoms with Gasteiger partial charge in [-0.15, -0.1) is 0 Å². The Kier molecular flexibility index (Phi) is 5.96. The number of nitrogens with zero attached hydrogens (tertiary/aromatic N) is 4. The highest BCUT2D eigenvalue weighted by atomic mass is 19.4. The fourth-order valence-corrected chi connectivity index (χ4v) is 3.57. The van der Waals surface area contributed by atoms with Gasteiger partial charge in [0.15, 0.2) is 0 Å². The van der Waals surface area contributed by atoms with Gasteiger partial charge in [-0.1, -0.05) is 13.8 Å². The SMILES string of the molecule is CC(C)Cn1ccc(-c2cc(C#N)ccc2C(=O)N2CCC(C(F)(F)F)CC2)n1. The zero-order chi connectivity index (χ0) is 21.2. The molecule has 8 heteroatoms. The van der Waals surface area contributed by atoms with Gasteiger partial charge in [-0.2, -0.15) is 23.5 Å². The Labute approximate surface area is 167 Å². The Balaban J connectivity index is 1.87. The number of rotatable bonds is 4. The zero-order valence-electron chi connectivity index (χ0n) is 16.4. The topological polar surface area (TPSA) is 61.9 Å². The molecule has 1 fully saturated rings. The number of halogens is 3. The quantitative estimate of drug-likeness (QED) is 0.754. The van der Waals surface area contributed by atoms with Gasteiger partial charge in [0.25, 0.3) is 5.91 Å². The number of hydrogen-bond donors (Lipinski definition) is 0. The number of aromatic nitrogens is 2.